The van der Waals surface area contributed by atoms with Crippen LogP contribution >= 0.6 is 24.8 Å². The molecule has 0 spiro atoms. The van der Waals surface area contributed by atoms with Crippen molar-refractivity contribution < 1.29 is 14.2 Å². The summed E-state index contributed by atoms with van der Waals surface area (Å²) in [6, 6.07) is 6.02. The summed E-state index contributed by atoms with van der Waals surface area (Å²) in [5.41, 5.74) is 1.20. The minimum Gasteiger partial charge on any atom is -0.493 e. The average molecular weight is 353 g/mol. The molecule has 1 aromatic carbocycles. The average Bonchev–Trinajstić information content (AvgIpc) is 2.52. The van der Waals surface area contributed by atoms with Crippen LogP contribution < -0.4 is 14.8 Å². The third-order valence-corrected chi connectivity index (χ3v) is 3.49. The molecule has 0 atom stereocenters. The predicted molar refractivity (Wildman–Crippen MR) is 93.0 cm³/mol. The summed E-state index contributed by atoms with van der Waals surface area (Å²) in [5.74, 6) is 1.55. The minimum absolute atomic E-state index is 0. The molecule has 1 aromatic rings. The van der Waals surface area contributed by atoms with E-state index in [1.54, 1.807) is 14.2 Å². The van der Waals surface area contributed by atoms with Gasteiger partial charge in [0.15, 0.2) is 11.5 Å². The number of ether oxygens (including phenoxy) is 3. The first kappa shape index (κ1) is 21.3. The number of hydrogen-bond acceptors (Lipinski definition) is 5. The van der Waals surface area contributed by atoms with Gasteiger partial charge in [-0.25, -0.2) is 0 Å². The van der Waals surface area contributed by atoms with E-state index in [9.17, 15) is 0 Å². The van der Waals surface area contributed by atoms with Gasteiger partial charge < -0.3 is 19.5 Å². The van der Waals surface area contributed by atoms with Gasteiger partial charge in [-0.2, -0.15) is 0 Å². The lowest BCUT2D eigenvalue weighted by atomic mass is 10.2. The summed E-state index contributed by atoms with van der Waals surface area (Å²) in [7, 11) is 3.31. The molecule has 0 bridgehead atoms. The van der Waals surface area contributed by atoms with Gasteiger partial charge >= 0.3 is 0 Å². The SMILES string of the molecule is COc1ccc(CNCCN2CCOCC2)cc1OC.Cl.Cl. The Morgan fingerprint density at radius 2 is 1.77 bits per heavy atom. The van der Waals surface area contributed by atoms with Crippen molar-refractivity contribution in [2.24, 2.45) is 0 Å². The van der Waals surface area contributed by atoms with Gasteiger partial charge in [-0.15, -0.1) is 24.8 Å². The molecule has 0 aromatic heterocycles. The zero-order chi connectivity index (χ0) is 14.2. The second-order valence-electron chi connectivity index (χ2n) is 4.82. The molecule has 0 unspecified atom stereocenters. The van der Waals surface area contributed by atoms with E-state index in [2.05, 4.69) is 16.3 Å². The van der Waals surface area contributed by atoms with Crippen molar-refractivity contribution in [2.45, 2.75) is 6.54 Å². The number of hydrogen-bond donors (Lipinski definition) is 1. The highest BCUT2D eigenvalue weighted by Crippen LogP contribution is 2.27. The van der Waals surface area contributed by atoms with Crippen LogP contribution in [0.25, 0.3) is 0 Å². The number of nitrogens with one attached hydrogen (secondary N) is 1. The Morgan fingerprint density at radius 3 is 2.41 bits per heavy atom. The molecule has 0 radical (unpaired) electrons. The van der Waals surface area contributed by atoms with Gasteiger partial charge in [0, 0.05) is 32.7 Å². The van der Waals surface area contributed by atoms with Crippen LogP contribution in [0.15, 0.2) is 18.2 Å². The van der Waals surface area contributed by atoms with Crippen LogP contribution in [-0.2, 0) is 11.3 Å². The van der Waals surface area contributed by atoms with Crippen LogP contribution in [0.3, 0.4) is 0 Å². The molecule has 1 fully saturated rings. The quantitative estimate of drug-likeness (QED) is 0.760. The molecule has 1 heterocycles. The molecule has 128 valence electrons. The van der Waals surface area contributed by atoms with E-state index in [1.807, 2.05) is 12.1 Å². The molecular formula is C15H26Cl2N2O3. The largest absolute Gasteiger partial charge is 0.493 e. The van der Waals surface area contributed by atoms with Crippen molar-refractivity contribution in [3.63, 3.8) is 0 Å². The Bertz CT molecular complexity index is 416. The summed E-state index contributed by atoms with van der Waals surface area (Å²) in [6.07, 6.45) is 0. The van der Waals surface area contributed by atoms with E-state index in [1.165, 1.54) is 5.56 Å². The van der Waals surface area contributed by atoms with Crippen LogP contribution in [0.1, 0.15) is 5.56 Å². The van der Waals surface area contributed by atoms with Crippen molar-refractivity contribution in [3.8, 4) is 11.5 Å². The third kappa shape index (κ3) is 6.58. The van der Waals surface area contributed by atoms with E-state index in [0.29, 0.717) is 0 Å². The monoisotopic (exact) mass is 352 g/mol. The van der Waals surface area contributed by atoms with Crippen LogP contribution in [-0.4, -0.2) is 58.5 Å². The Labute approximate surface area is 145 Å². The van der Waals surface area contributed by atoms with E-state index >= 15 is 0 Å². The molecular weight excluding hydrogens is 327 g/mol. The molecule has 0 amide bonds. The predicted octanol–water partition coefficient (Wildman–Crippen LogP) is 1.97. The summed E-state index contributed by atoms with van der Waals surface area (Å²) in [6.45, 7) is 6.68. The lowest BCUT2D eigenvalue weighted by Gasteiger charge is -2.26. The lowest BCUT2D eigenvalue weighted by Crippen LogP contribution is -2.40. The molecule has 1 aliphatic heterocycles. The third-order valence-electron chi connectivity index (χ3n) is 3.49. The van der Waals surface area contributed by atoms with Crippen molar-refractivity contribution in [2.75, 3.05) is 53.6 Å². The highest BCUT2D eigenvalue weighted by Gasteiger charge is 2.09. The standard InChI is InChI=1S/C15H24N2O3.2ClH/c1-18-14-4-3-13(11-15(14)19-2)12-16-5-6-17-7-9-20-10-8-17;;/h3-4,11,16H,5-10,12H2,1-2H3;2*1H. The second kappa shape index (κ2) is 11.8. The molecule has 0 aliphatic carbocycles. The van der Waals surface area contributed by atoms with Crippen molar-refractivity contribution in [1.82, 2.24) is 10.2 Å². The zero-order valence-corrected chi connectivity index (χ0v) is 14.8. The normalized spacial score (nSPS) is 14.6. The Hall–Kier alpha value is -0.720. The maximum atomic E-state index is 5.33. The first-order valence-corrected chi connectivity index (χ1v) is 7.05. The maximum absolute atomic E-state index is 5.33. The van der Waals surface area contributed by atoms with Gasteiger partial charge in [0.05, 0.1) is 27.4 Å². The fourth-order valence-corrected chi connectivity index (χ4v) is 2.29. The zero-order valence-electron chi connectivity index (χ0n) is 13.2. The Morgan fingerprint density at radius 1 is 1.09 bits per heavy atom. The molecule has 22 heavy (non-hydrogen) atoms. The highest BCUT2D eigenvalue weighted by molar-refractivity contribution is 5.85. The summed E-state index contributed by atoms with van der Waals surface area (Å²) in [5, 5.41) is 3.46. The number of benzene rings is 1. The summed E-state index contributed by atoms with van der Waals surface area (Å²) < 4.78 is 15.9. The van der Waals surface area contributed by atoms with Crippen molar-refractivity contribution in [3.05, 3.63) is 23.8 Å². The molecule has 2 rings (SSSR count). The maximum Gasteiger partial charge on any atom is 0.161 e. The fourth-order valence-electron chi connectivity index (χ4n) is 2.29. The van der Waals surface area contributed by atoms with Gasteiger partial charge in [0.25, 0.3) is 0 Å². The van der Waals surface area contributed by atoms with Gasteiger partial charge in [0.2, 0.25) is 0 Å². The van der Waals surface area contributed by atoms with Gasteiger partial charge in [-0.1, -0.05) is 6.07 Å². The van der Waals surface area contributed by atoms with Crippen molar-refractivity contribution in [1.29, 1.82) is 0 Å². The first-order valence-electron chi connectivity index (χ1n) is 7.05. The number of nitrogens with zero attached hydrogens (tertiary/aromatic N) is 1. The summed E-state index contributed by atoms with van der Waals surface area (Å²) in [4.78, 5) is 2.42. The van der Waals surface area contributed by atoms with Gasteiger partial charge in [0.1, 0.15) is 0 Å². The van der Waals surface area contributed by atoms with Crippen LogP contribution in [0, 0.1) is 0 Å². The van der Waals surface area contributed by atoms with Gasteiger partial charge in [-0.3, -0.25) is 4.90 Å². The number of morpholine rings is 1. The number of halogens is 2. The van der Waals surface area contributed by atoms with Crippen LogP contribution in [0.5, 0.6) is 11.5 Å². The van der Waals surface area contributed by atoms with E-state index in [0.717, 1.165) is 57.4 Å². The molecule has 1 N–H and O–H groups in total. The lowest BCUT2D eigenvalue weighted by molar-refractivity contribution is 0.0384. The van der Waals surface area contributed by atoms with Crippen LogP contribution in [0.4, 0.5) is 0 Å². The minimum atomic E-state index is 0. The van der Waals surface area contributed by atoms with Crippen molar-refractivity contribution >= 4 is 24.8 Å². The first-order chi connectivity index (χ1) is 9.83. The smallest absolute Gasteiger partial charge is 0.161 e. The Balaban J connectivity index is 0.00000220. The number of rotatable bonds is 7. The van der Waals surface area contributed by atoms with E-state index in [-0.39, 0.29) is 24.8 Å². The molecule has 5 nitrogen and oxygen atoms in total. The topological polar surface area (TPSA) is 43.0 Å². The van der Waals surface area contributed by atoms with Crippen LogP contribution in [0.2, 0.25) is 0 Å². The second-order valence-corrected chi connectivity index (χ2v) is 4.82. The molecule has 1 saturated heterocycles. The Kier molecular flexibility index (Phi) is 11.4. The highest BCUT2D eigenvalue weighted by atomic mass is 35.5. The molecule has 0 saturated carbocycles. The van der Waals surface area contributed by atoms with E-state index < -0.39 is 0 Å². The molecule has 1 aliphatic rings. The van der Waals surface area contributed by atoms with Gasteiger partial charge in [-0.05, 0) is 17.7 Å². The fraction of sp³-hybridized carbons (Fsp3) is 0.600. The molecule has 7 heteroatoms. The summed E-state index contributed by atoms with van der Waals surface area (Å²) >= 11 is 0. The number of methoxy groups -OCH3 is 2. The van der Waals surface area contributed by atoms with E-state index in [4.69, 9.17) is 14.2 Å².